The van der Waals surface area contributed by atoms with Crippen LogP contribution in [0.25, 0.3) is 0 Å². The lowest BCUT2D eigenvalue weighted by Crippen LogP contribution is -2.03. The summed E-state index contributed by atoms with van der Waals surface area (Å²) in [7, 11) is 0. The Balaban J connectivity index is 3.27. The maximum atomic E-state index is 11.4. The van der Waals surface area contributed by atoms with Crippen molar-refractivity contribution in [3.63, 3.8) is 0 Å². The quantitative estimate of drug-likeness (QED) is 0.316. The Morgan fingerprint density at radius 3 is 2.29 bits per heavy atom. The van der Waals surface area contributed by atoms with Gasteiger partial charge in [-0.05, 0) is 19.3 Å². The van der Waals surface area contributed by atoms with Crippen LogP contribution in [0.2, 0.25) is 0 Å². The second kappa shape index (κ2) is 11.4. The third-order valence-corrected chi connectivity index (χ3v) is 2.57. The van der Waals surface area contributed by atoms with E-state index in [-0.39, 0.29) is 0 Å². The molecule has 0 aromatic carbocycles. The molecule has 3 nitrogen and oxygen atoms in total. The van der Waals surface area contributed by atoms with Crippen molar-refractivity contribution in [2.24, 2.45) is 0 Å². The molecule has 0 atom stereocenters. The van der Waals surface area contributed by atoms with Crippen LogP contribution in [0.5, 0.6) is 0 Å². The summed E-state index contributed by atoms with van der Waals surface area (Å²) in [6.07, 6.45) is 8.59. The van der Waals surface area contributed by atoms with Crippen LogP contribution in [0.15, 0.2) is 12.7 Å². The van der Waals surface area contributed by atoms with Gasteiger partial charge in [0, 0.05) is 18.9 Å². The Morgan fingerprint density at radius 1 is 1.06 bits per heavy atom. The minimum atomic E-state index is -0.393. The molecule has 3 heteroatoms. The first-order valence-corrected chi connectivity index (χ1v) is 6.51. The SMILES string of the molecule is C=CC(=O)OCCCCC(=O)CCCCCC. The zero-order valence-corrected chi connectivity index (χ0v) is 10.9. The van der Waals surface area contributed by atoms with E-state index in [0.29, 0.717) is 25.2 Å². The summed E-state index contributed by atoms with van der Waals surface area (Å²) >= 11 is 0. The highest BCUT2D eigenvalue weighted by Crippen LogP contribution is 2.06. The standard InChI is InChI=1S/C14H24O3/c1-3-5-6-7-10-13(15)11-8-9-12-17-14(16)4-2/h4H,2-3,5-12H2,1H3. The van der Waals surface area contributed by atoms with Crippen LogP contribution < -0.4 is 0 Å². The summed E-state index contributed by atoms with van der Waals surface area (Å²) in [6, 6.07) is 0. The molecular weight excluding hydrogens is 216 g/mol. The molecule has 0 radical (unpaired) electrons. The molecule has 98 valence electrons. The Bertz CT molecular complexity index is 234. The van der Waals surface area contributed by atoms with E-state index in [1.807, 2.05) is 0 Å². The van der Waals surface area contributed by atoms with Crippen molar-refractivity contribution in [3.05, 3.63) is 12.7 Å². The Kier molecular flexibility index (Phi) is 10.6. The van der Waals surface area contributed by atoms with Crippen LogP contribution in [0.1, 0.15) is 58.3 Å². The lowest BCUT2D eigenvalue weighted by molar-refractivity contribution is -0.137. The predicted octanol–water partition coefficient (Wildman–Crippen LogP) is 3.43. The second-order valence-electron chi connectivity index (χ2n) is 4.18. The van der Waals surface area contributed by atoms with E-state index >= 15 is 0 Å². The maximum Gasteiger partial charge on any atom is 0.330 e. The number of carbonyl (C=O) groups excluding carboxylic acids is 2. The van der Waals surface area contributed by atoms with Gasteiger partial charge >= 0.3 is 5.97 Å². The van der Waals surface area contributed by atoms with Gasteiger partial charge in [0.05, 0.1) is 6.61 Å². The highest BCUT2D eigenvalue weighted by atomic mass is 16.5. The van der Waals surface area contributed by atoms with Gasteiger partial charge in [-0.3, -0.25) is 4.79 Å². The molecule has 0 aliphatic rings. The summed E-state index contributed by atoms with van der Waals surface area (Å²) in [4.78, 5) is 22.1. The number of ketones is 1. The van der Waals surface area contributed by atoms with E-state index in [1.54, 1.807) is 0 Å². The normalized spacial score (nSPS) is 9.94. The molecule has 0 heterocycles. The molecule has 0 N–H and O–H groups in total. The highest BCUT2D eigenvalue weighted by Gasteiger charge is 2.02. The van der Waals surface area contributed by atoms with Crippen molar-refractivity contribution in [1.29, 1.82) is 0 Å². The van der Waals surface area contributed by atoms with E-state index in [2.05, 4.69) is 13.5 Å². The van der Waals surface area contributed by atoms with E-state index < -0.39 is 5.97 Å². The molecular formula is C14H24O3. The van der Waals surface area contributed by atoms with Crippen molar-refractivity contribution in [1.82, 2.24) is 0 Å². The van der Waals surface area contributed by atoms with Crippen LogP contribution >= 0.6 is 0 Å². The van der Waals surface area contributed by atoms with Crippen LogP contribution in [-0.2, 0) is 14.3 Å². The molecule has 17 heavy (non-hydrogen) atoms. The molecule has 0 saturated carbocycles. The van der Waals surface area contributed by atoms with Crippen molar-refractivity contribution in [2.75, 3.05) is 6.61 Å². The van der Waals surface area contributed by atoms with E-state index in [4.69, 9.17) is 4.74 Å². The maximum absolute atomic E-state index is 11.4. The van der Waals surface area contributed by atoms with Gasteiger partial charge in [0.2, 0.25) is 0 Å². The number of rotatable bonds is 11. The topological polar surface area (TPSA) is 43.4 Å². The largest absolute Gasteiger partial charge is 0.463 e. The van der Waals surface area contributed by atoms with Gasteiger partial charge in [-0.15, -0.1) is 0 Å². The van der Waals surface area contributed by atoms with Crippen molar-refractivity contribution in [3.8, 4) is 0 Å². The Hall–Kier alpha value is -1.12. The molecule has 0 aliphatic heterocycles. The zero-order valence-electron chi connectivity index (χ0n) is 10.9. The summed E-state index contributed by atoms with van der Waals surface area (Å²) in [6.45, 7) is 5.85. The number of Topliss-reactive ketones (excluding diaryl/α,β-unsaturated/α-hetero) is 1. The fraction of sp³-hybridized carbons (Fsp3) is 0.714. The summed E-state index contributed by atoms with van der Waals surface area (Å²) in [5.74, 6) is -0.0629. The zero-order chi connectivity index (χ0) is 12.9. The molecule has 0 aromatic heterocycles. The monoisotopic (exact) mass is 240 g/mol. The van der Waals surface area contributed by atoms with E-state index in [1.165, 1.54) is 12.8 Å². The molecule has 0 saturated heterocycles. The molecule has 0 aliphatic carbocycles. The van der Waals surface area contributed by atoms with Gasteiger partial charge in [-0.25, -0.2) is 4.79 Å². The smallest absolute Gasteiger partial charge is 0.330 e. The first-order chi connectivity index (χ1) is 8.20. The number of esters is 1. The molecule has 0 rings (SSSR count). The molecule has 0 spiro atoms. The average molecular weight is 240 g/mol. The van der Waals surface area contributed by atoms with Crippen molar-refractivity contribution < 1.29 is 14.3 Å². The second-order valence-corrected chi connectivity index (χ2v) is 4.18. The molecule has 0 fully saturated rings. The van der Waals surface area contributed by atoms with Crippen molar-refractivity contribution in [2.45, 2.75) is 58.3 Å². The number of carbonyl (C=O) groups is 2. The lowest BCUT2D eigenvalue weighted by atomic mass is 10.1. The lowest BCUT2D eigenvalue weighted by Gasteiger charge is -2.02. The van der Waals surface area contributed by atoms with Gasteiger partial charge in [0.1, 0.15) is 5.78 Å². The van der Waals surface area contributed by atoms with E-state index in [0.717, 1.165) is 31.8 Å². The average Bonchev–Trinajstić information content (AvgIpc) is 2.34. The van der Waals surface area contributed by atoms with Crippen LogP contribution in [-0.4, -0.2) is 18.4 Å². The molecule has 0 aromatic rings. The first kappa shape index (κ1) is 15.9. The first-order valence-electron chi connectivity index (χ1n) is 6.51. The molecule has 0 amide bonds. The fourth-order valence-corrected chi connectivity index (χ4v) is 1.53. The number of ether oxygens (including phenoxy) is 1. The molecule has 0 bridgehead atoms. The minimum absolute atomic E-state index is 0.330. The van der Waals surface area contributed by atoms with Crippen LogP contribution in [0.3, 0.4) is 0 Å². The predicted molar refractivity (Wildman–Crippen MR) is 68.8 cm³/mol. The minimum Gasteiger partial charge on any atom is -0.463 e. The van der Waals surface area contributed by atoms with Crippen LogP contribution in [0, 0.1) is 0 Å². The number of hydrogen-bond donors (Lipinski definition) is 0. The highest BCUT2D eigenvalue weighted by molar-refractivity contribution is 5.81. The third-order valence-electron chi connectivity index (χ3n) is 2.57. The number of hydrogen-bond acceptors (Lipinski definition) is 3. The summed E-state index contributed by atoms with van der Waals surface area (Å²) in [5, 5.41) is 0. The van der Waals surface area contributed by atoms with Gasteiger partial charge in [0.25, 0.3) is 0 Å². The van der Waals surface area contributed by atoms with Gasteiger partial charge in [0.15, 0.2) is 0 Å². The molecule has 0 unspecified atom stereocenters. The fourth-order valence-electron chi connectivity index (χ4n) is 1.53. The third kappa shape index (κ3) is 11.1. The number of unbranched alkanes of at least 4 members (excludes halogenated alkanes) is 4. The van der Waals surface area contributed by atoms with Gasteiger partial charge in [-0.2, -0.15) is 0 Å². The summed E-state index contributed by atoms with van der Waals surface area (Å²) in [5.41, 5.74) is 0. The summed E-state index contributed by atoms with van der Waals surface area (Å²) < 4.78 is 4.82. The van der Waals surface area contributed by atoms with E-state index in [9.17, 15) is 9.59 Å². The Morgan fingerprint density at radius 2 is 1.71 bits per heavy atom. The van der Waals surface area contributed by atoms with Crippen molar-refractivity contribution >= 4 is 11.8 Å². The van der Waals surface area contributed by atoms with Gasteiger partial charge in [-0.1, -0.05) is 32.8 Å². The van der Waals surface area contributed by atoms with Gasteiger partial charge < -0.3 is 4.74 Å². The Labute approximate surface area is 104 Å². The van der Waals surface area contributed by atoms with Crippen LogP contribution in [0.4, 0.5) is 0 Å².